The van der Waals surface area contributed by atoms with Crippen LogP contribution in [0.1, 0.15) is 82.5 Å². The molecule has 3 atom stereocenters. The van der Waals surface area contributed by atoms with Gasteiger partial charge in [0, 0.05) is 6.42 Å². The molecule has 0 heterocycles. The van der Waals surface area contributed by atoms with Crippen LogP contribution in [0.15, 0.2) is 97.2 Å². The van der Waals surface area contributed by atoms with E-state index in [0.29, 0.717) is 6.42 Å². The lowest BCUT2D eigenvalue weighted by Crippen LogP contribution is -2.50. The van der Waals surface area contributed by atoms with Crippen molar-refractivity contribution in [3.63, 3.8) is 0 Å². The first kappa shape index (κ1) is 38.4. The van der Waals surface area contributed by atoms with E-state index in [4.69, 9.17) is 4.74 Å². The van der Waals surface area contributed by atoms with Gasteiger partial charge < -0.3 is 25.6 Å². The summed E-state index contributed by atoms with van der Waals surface area (Å²) in [5.74, 6) is -3.77. The fourth-order valence-electron chi connectivity index (χ4n) is 3.84. The highest BCUT2D eigenvalue weighted by molar-refractivity contribution is 5.99. The summed E-state index contributed by atoms with van der Waals surface area (Å²) in [7, 11) is 0. The Bertz CT molecular complexity index is 1240. The number of phenols is 1. The van der Waals surface area contributed by atoms with E-state index in [2.05, 4.69) is 78.3 Å². The molecular formula is C36H48N2O7. The molecule has 244 valence electrons. The van der Waals surface area contributed by atoms with Crippen LogP contribution >= 0.6 is 0 Å². The maximum atomic E-state index is 12.5. The van der Waals surface area contributed by atoms with Crippen molar-refractivity contribution in [1.29, 1.82) is 0 Å². The van der Waals surface area contributed by atoms with Crippen molar-refractivity contribution < 1.29 is 34.1 Å². The second-order valence-electron chi connectivity index (χ2n) is 10.2. The Morgan fingerprint density at radius 2 is 1.24 bits per heavy atom. The highest BCUT2D eigenvalue weighted by atomic mass is 16.5. The Labute approximate surface area is 267 Å². The molecule has 0 saturated carbocycles. The summed E-state index contributed by atoms with van der Waals surface area (Å²) >= 11 is 0. The van der Waals surface area contributed by atoms with E-state index in [1.165, 1.54) is 38.1 Å². The van der Waals surface area contributed by atoms with Gasteiger partial charge in [-0.25, -0.2) is 9.59 Å². The van der Waals surface area contributed by atoms with Crippen LogP contribution in [0.25, 0.3) is 0 Å². The summed E-state index contributed by atoms with van der Waals surface area (Å²) in [6, 6.07) is 3.06. The largest absolute Gasteiger partial charge is 0.507 e. The molecule has 2 amide bonds. The lowest BCUT2D eigenvalue weighted by molar-refractivity contribution is -0.157. The molecule has 0 aromatic heterocycles. The van der Waals surface area contributed by atoms with Gasteiger partial charge in [-0.1, -0.05) is 92.0 Å². The summed E-state index contributed by atoms with van der Waals surface area (Å²) in [5, 5.41) is 24.2. The second kappa shape index (κ2) is 23.8. The summed E-state index contributed by atoms with van der Waals surface area (Å²) in [4.78, 5) is 48.8. The van der Waals surface area contributed by atoms with Gasteiger partial charge in [0.1, 0.15) is 17.9 Å². The van der Waals surface area contributed by atoms with Gasteiger partial charge in [0.05, 0.1) is 5.56 Å². The molecule has 1 aromatic carbocycles. The third-order valence-electron chi connectivity index (χ3n) is 6.34. The maximum Gasteiger partial charge on any atom is 0.330 e. The zero-order valence-electron chi connectivity index (χ0n) is 26.6. The van der Waals surface area contributed by atoms with Crippen molar-refractivity contribution in [2.45, 2.75) is 90.3 Å². The summed E-state index contributed by atoms with van der Waals surface area (Å²) in [5.41, 5.74) is -0.116. The van der Waals surface area contributed by atoms with Gasteiger partial charge >= 0.3 is 11.9 Å². The van der Waals surface area contributed by atoms with Crippen LogP contribution in [-0.4, -0.2) is 52.2 Å². The number of carboxylic acid groups (broad SMARTS) is 1. The number of carboxylic acids is 1. The van der Waals surface area contributed by atoms with Crippen molar-refractivity contribution in [3.8, 4) is 5.75 Å². The Hall–Kier alpha value is -4.66. The zero-order chi connectivity index (χ0) is 33.3. The van der Waals surface area contributed by atoms with E-state index in [9.17, 15) is 29.4 Å². The Morgan fingerprint density at radius 1 is 0.756 bits per heavy atom. The minimum atomic E-state index is -1.57. The molecule has 0 fully saturated rings. The Kier molecular flexibility index (Phi) is 20.3. The topological polar surface area (TPSA) is 142 Å². The van der Waals surface area contributed by atoms with Gasteiger partial charge in [0.15, 0.2) is 6.04 Å². The standard InChI is InChI=1S/C36H48N2O7/c1-4-5-6-7-8-9-10-11-12-13-14-15-16-17-18-19-20-21-22-27-32(40)37-28(2)36(44)45-29(3)33(35(42)43)38-34(41)30-25-23-24-26-31(30)39/h5-6,8-9,11-12,14-15,17-18,20-21,23-26,28-29,33,39H,4,7,10,13,16,19,22,27H2,1-3H3,(H,37,40)(H,38,41)(H,42,43)/b6-5-,9-8-,12-11-,15-14-,18-17-,21-20-. The summed E-state index contributed by atoms with van der Waals surface area (Å²) < 4.78 is 5.20. The number of carbonyl (C=O) groups is 4. The second-order valence-corrected chi connectivity index (χ2v) is 10.2. The third-order valence-corrected chi connectivity index (χ3v) is 6.34. The Balaban J connectivity index is 2.28. The number of para-hydroxylation sites is 1. The molecule has 0 aliphatic heterocycles. The molecular weight excluding hydrogens is 572 g/mol. The predicted octanol–water partition coefficient (Wildman–Crippen LogP) is 6.49. The lowest BCUT2D eigenvalue weighted by atomic mass is 10.1. The number of amides is 2. The number of hydrogen-bond acceptors (Lipinski definition) is 6. The number of hydrogen-bond donors (Lipinski definition) is 4. The van der Waals surface area contributed by atoms with Crippen molar-refractivity contribution in [3.05, 3.63) is 103 Å². The van der Waals surface area contributed by atoms with Crippen molar-refractivity contribution >= 4 is 23.8 Å². The smallest absolute Gasteiger partial charge is 0.330 e. The number of aromatic hydroxyl groups is 1. The number of nitrogens with one attached hydrogen (secondary N) is 2. The molecule has 9 nitrogen and oxygen atoms in total. The first-order valence-electron chi connectivity index (χ1n) is 15.4. The molecule has 9 heteroatoms. The van der Waals surface area contributed by atoms with Crippen LogP contribution in [0, 0.1) is 0 Å². The van der Waals surface area contributed by atoms with Crippen molar-refractivity contribution in [2.24, 2.45) is 0 Å². The number of rotatable bonds is 21. The molecule has 0 aliphatic rings. The molecule has 1 rings (SSSR count). The SMILES string of the molecule is CC/C=C\C/C=C\C/C=C\C/C=C\C/C=C\C/C=C\CCC(=O)NC(C)C(=O)OC(C)C(NC(=O)c1ccccc1O)C(=O)O. The van der Waals surface area contributed by atoms with Gasteiger partial charge in [-0.3, -0.25) is 9.59 Å². The monoisotopic (exact) mass is 620 g/mol. The Morgan fingerprint density at radius 3 is 1.73 bits per heavy atom. The third kappa shape index (κ3) is 17.9. The molecule has 0 saturated heterocycles. The zero-order valence-corrected chi connectivity index (χ0v) is 26.6. The predicted molar refractivity (Wildman–Crippen MR) is 178 cm³/mol. The highest BCUT2D eigenvalue weighted by Crippen LogP contribution is 2.16. The number of benzene rings is 1. The van der Waals surface area contributed by atoms with Crippen molar-refractivity contribution in [2.75, 3.05) is 0 Å². The van der Waals surface area contributed by atoms with Gasteiger partial charge in [0.25, 0.3) is 5.91 Å². The lowest BCUT2D eigenvalue weighted by Gasteiger charge is -2.23. The average Bonchev–Trinajstić information content (AvgIpc) is 3.00. The van der Waals surface area contributed by atoms with Crippen LogP contribution in [0.2, 0.25) is 0 Å². The van der Waals surface area contributed by atoms with E-state index in [1.807, 2.05) is 12.2 Å². The van der Waals surface area contributed by atoms with Crippen LogP contribution in [0.3, 0.4) is 0 Å². The summed E-state index contributed by atoms with van der Waals surface area (Å²) in [6.07, 6.45) is 30.3. The molecule has 45 heavy (non-hydrogen) atoms. The molecule has 0 radical (unpaired) electrons. The molecule has 1 aromatic rings. The molecule has 0 spiro atoms. The molecule has 0 aliphatic carbocycles. The highest BCUT2D eigenvalue weighted by Gasteiger charge is 2.31. The summed E-state index contributed by atoms with van der Waals surface area (Å²) in [6.45, 7) is 4.88. The first-order valence-corrected chi connectivity index (χ1v) is 15.4. The molecule has 3 unspecified atom stereocenters. The average molecular weight is 621 g/mol. The fourth-order valence-corrected chi connectivity index (χ4v) is 3.84. The molecule has 0 bridgehead atoms. The van der Waals surface area contributed by atoms with Gasteiger partial charge in [-0.15, -0.1) is 0 Å². The number of carbonyl (C=O) groups excluding carboxylic acids is 3. The minimum absolute atomic E-state index is 0.116. The van der Waals surface area contributed by atoms with E-state index in [1.54, 1.807) is 0 Å². The quantitative estimate of drug-likeness (QED) is 0.0909. The van der Waals surface area contributed by atoms with Gasteiger partial charge in [0.2, 0.25) is 5.91 Å². The number of phenolic OH excluding ortho intramolecular Hbond substituents is 1. The number of aliphatic carboxylic acids is 1. The normalized spacial score (nSPS) is 14.1. The number of allylic oxidation sites excluding steroid dienone is 12. The van der Waals surface area contributed by atoms with Crippen LogP contribution in [0.4, 0.5) is 0 Å². The van der Waals surface area contributed by atoms with Crippen LogP contribution in [0.5, 0.6) is 5.75 Å². The van der Waals surface area contributed by atoms with Gasteiger partial charge in [-0.05, 0) is 70.9 Å². The van der Waals surface area contributed by atoms with Crippen molar-refractivity contribution in [1.82, 2.24) is 10.6 Å². The van der Waals surface area contributed by atoms with E-state index < -0.39 is 36.0 Å². The van der Waals surface area contributed by atoms with E-state index in [0.717, 1.165) is 38.5 Å². The molecule has 4 N–H and O–H groups in total. The minimum Gasteiger partial charge on any atom is -0.507 e. The number of esters is 1. The number of ether oxygens (including phenoxy) is 1. The first-order chi connectivity index (χ1) is 21.7. The van der Waals surface area contributed by atoms with E-state index >= 15 is 0 Å². The van der Waals surface area contributed by atoms with E-state index in [-0.39, 0.29) is 23.6 Å². The van der Waals surface area contributed by atoms with Crippen LogP contribution in [-0.2, 0) is 19.1 Å². The van der Waals surface area contributed by atoms with Gasteiger partial charge in [-0.2, -0.15) is 0 Å². The maximum absolute atomic E-state index is 12.5. The van der Waals surface area contributed by atoms with Crippen LogP contribution < -0.4 is 10.6 Å². The fraction of sp³-hybridized carbons (Fsp3) is 0.389.